The van der Waals surface area contributed by atoms with Crippen LogP contribution in [0.1, 0.15) is 70.3 Å². The molecule has 1 aromatic rings. The van der Waals surface area contributed by atoms with Gasteiger partial charge in [-0.05, 0) is 67.7 Å². The Morgan fingerprint density at radius 3 is 2.35 bits per heavy atom. The van der Waals surface area contributed by atoms with Gasteiger partial charge in [-0.25, -0.2) is 0 Å². The van der Waals surface area contributed by atoms with Crippen molar-refractivity contribution in [3.8, 4) is 5.75 Å². The normalized spacial score (nSPS) is 23.1. The van der Waals surface area contributed by atoms with Crippen LogP contribution in [-0.2, 0) is 0 Å². The average molecular weight is 272 g/mol. The molecule has 0 saturated heterocycles. The van der Waals surface area contributed by atoms with Gasteiger partial charge in [0.05, 0.1) is 6.26 Å². The minimum atomic E-state index is 0.767. The smallest absolute Gasteiger partial charge is 0.126 e. The standard InChI is InChI=1S/C19H28O/c1-3-5-15-20-19-13-11-18(12-14-19)17-9-7-16(6-4-2)8-10-17/h5,11-17H,3-4,6-10H2,1-2H3/b15-5+/t16-,17-. The lowest BCUT2D eigenvalue weighted by Gasteiger charge is -2.28. The SMILES string of the molecule is CC/C=C/Oc1ccc([C@H]2CC[C@H](CCC)CC2)cc1. The van der Waals surface area contributed by atoms with E-state index in [-0.39, 0.29) is 0 Å². The van der Waals surface area contributed by atoms with Gasteiger partial charge in [0, 0.05) is 0 Å². The molecule has 0 unspecified atom stereocenters. The molecular weight excluding hydrogens is 244 g/mol. The molecule has 0 heterocycles. The van der Waals surface area contributed by atoms with Gasteiger partial charge in [0.1, 0.15) is 5.75 Å². The molecule has 1 fully saturated rings. The van der Waals surface area contributed by atoms with E-state index in [1.807, 2.05) is 6.08 Å². The molecule has 1 aromatic carbocycles. The van der Waals surface area contributed by atoms with E-state index < -0.39 is 0 Å². The van der Waals surface area contributed by atoms with Crippen LogP contribution < -0.4 is 4.74 Å². The molecule has 0 bridgehead atoms. The highest BCUT2D eigenvalue weighted by atomic mass is 16.5. The molecule has 0 spiro atoms. The van der Waals surface area contributed by atoms with Gasteiger partial charge in [-0.15, -0.1) is 0 Å². The summed E-state index contributed by atoms with van der Waals surface area (Å²) in [6.07, 6.45) is 13.1. The third-order valence-corrected chi connectivity index (χ3v) is 4.43. The zero-order valence-electron chi connectivity index (χ0n) is 13.0. The van der Waals surface area contributed by atoms with Crippen LogP contribution in [0.15, 0.2) is 36.6 Å². The number of benzene rings is 1. The van der Waals surface area contributed by atoms with Crippen LogP contribution >= 0.6 is 0 Å². The number of hydrogen-bond donors (Lipinski definition) is 0. The summed E-state index contributed by atoms with van der Waals surface area (Å²) in [5, 5.41) is 0. The predicted molar refractivity (Wildman–Crippen MR) is 86.1 cm³/mol. The van der Waals surface area contributed by atoms with Crippen molar-refractivity contribution >= 4 is 0 Å². The van der Waals surface area contributed by atoms with Crippen molar-refractivity contribution in [3.63, 3.8) is 0 Å². The summed E-state index contributed by atoms with van der Waals surface area (Å²) >= 11 is 0. The maximum atomic E-state index is 5.56. The molecule has 0 aliphatic heterocycles. The van der Waals surface area contributed by atoms with E-state index in [1.54, 1.807) is 6.26 Å². The molecule has 2 rings (SSSR count). The summed E-state index contributed by atoms with van der Waals surface area (Å²) in [6, 6.07) is 8.71. The maximum absolute atomic E-state index is 5.56. The van der Waals surface area contributed by atoms with Gasteiger partial charge >= 0.3 is 0 Å². The van der Waals surface area contributed by atoms with Crippen molar-refractivity contribution in [3.05, 3.63) is 42.2 Å². The lowest BCUT2D eigenvalue weighted by molar-refractivity contribution is 0.308. The van der Waals surface area contributed by atoms with Crippen LogP contribution in [0.25, 0.3) is 0 Å². The summed E-state index contributed by atoms with van der Waals surface area (Å²) in [4.78, 5) is 0. The first-order chi connectivity index (χ1) is 9.83. The highest BCUT2D eigenvalue weighted by Crippen LogP contribution is 2.37. The molecule has 110 valence electrons. The summed E-state index contributed by atoms with van der Waals surface area (Å²) in [7, 11) is 0. The number of ether oxygens (including phenoxy) is 1. The Bertz CT molecular complexity index is 396. The fourth-order valence-corrected chi connectivity index (χ4v) is 3.23. The summed E-state index contributed by atoms with van der Waals surface area (Å²) < 4.78 is 5.56. The van der Waals surface area contributed by atoms with Crippen molar-refractivity contribution in [1.29, 1.82) is 0 Å². The Labute approximate surface area is 124 Å². The van der Waals surface area contributed by atoms with Crippen LogP contribution in [0.3, 0.4) is 0 Å². The molecule has 1 aliphatic carbocycles. The van der Waals surface area contributed by atoms with Crippen LogP contribution in [0.5, 0.6) is 5.75 Å². The molecule has 0 N–H and O–H groups in total. The minimum Gasteiger partial charge on any atom is -0.465 e. The van der Waals surface area contributed by atoms with Crippen LogP contribution in [-0.4, -0.2) is 0 Å². The second-order valence-electron chi connectivity index (χ2n) is 5.97. The van der Waals surface area contributed by atoms with Gasteiger partial charge < -0.3 is 4.74 Å². The van der Waals surface area contributed by atoms with Crippen molar-refractivity contribution in [2.75, 3.05) is 0 Å². The average Bonchev–Trinajstić information content (AvgIpc) is 2.49. The molecule has 1 saturated carbocycles. The molecule has 20 heavy (non-hydrogen) atoms. The molecular formula is C19H28O. The molecule has 0 aromatic heterocycles. The Morgan fingerprint density at radius 2 is 1.75 bits per heavy atom. The first-order valence-electron chi connectivity index (χ1n) is 8.25. The highest BCUT2D eigenvalue weighted by molar-refractivity contribution is 5.30. The van der Waals surface area contributed by atoms with Gasteiger partial charge in [0.2, 0.25) is 0 Å². The van der Waals surface area contributed by atoms with Gasteiger partial charge in [-0.2, -0.15) is 0 Å². The molecule has 0 amide bonds. The van der Waals surface area contributed by atoms with E-state index in [4.69, 9.17) is 4.74 Å². The maximum Gasteiger partial charge on any atom is 0.126 e. The van der Waals surface area contributed by atoms with E-state index in [9.17, 15) is 0 Å². The van der Waals surface area contributed by atoms with Crippen molar-refractivity contribution < 1.29 is 4.74 Å². The van der Waals surface area contributed by atoms with E-state index in [1.165, 1.54) is 44.1 Å². The van der Waals surface area contributed by atoms with Crippen molar-refractivity contribution in [2.45, 2.75) is 64.7 Å². The van der Waals surface area contributed by atoms with Crippen LogP contribution in [0.4, 0.5) is 0 Å². The third kappa shape index (κ3) is 4.40. The van der Waals surface area contributed by atoms with Crippen molar-refractivity contribution in [2.24, 2.45) is 5.92 Å². The monoisotopic (exact) mass is 272 g/mol. The number of rotatable bonds is 6. The fraction of sp³-hybridized carbons (Fsp3) is 0.579. The second-order valence-corrected chi connectivity index (χ2v) is 5.97. The zero-order valence-corrected chi connectivity index (χ0v) is 13.0. The Hall–Kier alpha value is -1.24. The van der Waals surface area contributed by atoms with E-state index in [0.717, 1.165) is 24.0 Å². The van der Waals surface area contributed by atoms with E-state index in [0.29, 0.717) is 0 Å². The van der Waals surface area contributed by atoms with Gasteiger partial charge in [-0.1, -0.05) is 38.8 Å². The summed E-state index contributed by atoms with van der Waals surface area (Å²) in [5.74, 6) is 2.69. The predicted octanol–water partition coefficient (Wildman–Crippen LogP) is 6.06. The van der Waals surface area contributed by atoms with Crippen LogP contribution in [0.2, 0.25) is 0 Å². The van der Waals surface area contributed by atoms with Crippen molar-refractivity contribution in [1.82, 2.24) is 0 Å². The number of hydrogen-bond acceptors (Lipinski definition) is 1. The molecule has 1 aliphatic rings. The van der Waals surface area contributed by atoms with E-state index in [2.05, 4.69) is 38.1 Å². The lowest BCUT2D eigenvalue weighted by Crippen LogP contribution is -2.13. The number of allylic oxidation sites excluding steroid dienone is 1. The molecule has 1 heteroatoms. The van der Waals surface area contributed by atoms with Gasteiger partial charge in [0.15, 0.2) is 0 Å². The fourth-order valence-electron chi connectivity index (χ4n) is 3.23. The Morgan fingerprint density at radius 1 is 1.05 bits per heavy atom. The van der Waals surface area contributed by atoms with Gasteiger partial charge in [0.25, 0.3) is 0 Å². The minimum absolute atomic E-state index is 0.767. The molecule has 0 radical (unpaired) electrons. The first-order valence-corrected chi connectivity index (χ1v) is 8.25. The second kappa shape index (κ2) is 8.14. The molecule has 1 nitrogen and oxygen atoms in total. The van der Waals surface area contributed by atoms with E-state index >= 15 is 0 Å². The van der Waals surface area contributed by atoms with Gasteiger partial charge in [-0.3, -0.25) is 0 Å². The highest BCUT2D eigenvalue weighted by Gasteiger charge is 2.21. The third-order valence-electron chi connectivity index (χ3n) is 4.43. The molecule has 0 atom stereocenters. The lowest BCUT2D eigenvalue weighted by atomic mass is 9.77. The Kier molecular flexibility index (Phi) is 6.17. The topological polar surface area (TPSA) is 9.23 Å². The largest absolute Gasteiger partial charge is 0.465 e. The van der Waals surface area contributed by atoms with Crippen LogP contribution in [0, 0.1) is 5.92 Å². The Balaban J connectivity index is 1.86. The summed E-state index contributed by atoms with van der Waals surface area (Å²) in [5.41, 5.74) is 1.49. The summed E-state index contributed by atoms with van der Waals surface area (Å²) in [6.45, 7) is 4.41. The zero-order chi connectivity index (χ0) is 14.2. The quantitative estimate of drug-likeness (QED) is 0.572. The first kappa shape index (κ1) is 15.2.